The Hall–Kier alpha value is -2.87. The van der Waals surface area contributed by atoms with Crippen LogP contribution in [0.1, 0.15) is 24.1 Å². The SMILES string of the molecule is COC(=O)C1=C(C)N=c2s/c(=C\c3cc(Cl)cc(Cl)c3O)c(=O)n2[C@H]1c1ccccc1. The molecule has 1 aliphatic heterocycles. The van der Waals surface area contributed by atoms with E-state index in [-0.39, 0.29) is 16.3 Å². The highest BCUT2D eigenvalue weighted by molar-refractivity contribution is 7.07. The van der Waals surface area contributed by atoms with Crippen molar-refractivity contribution in [1.82, 2.24) is 4.57 Å². The number of methoxy groups -OCH3 is 1. The summed E-state index contributed by atoms with van der Waals surface area (Å²) in [5.41, 5.74) is 1.46. The summed E-state index contributed by atoms with van der Waals surface area (Å²) in [6.45, 7) is 1.71. The summed E-state index contributed by atoms with van der Waals surface area (Å²) >= 11 is 13.2. The van der Waals surface area contributed by atoms with E-state index in [9.17, 15) is 14.7 Å². The lowest BCUT2D eigenvalue weighted by Crippen LogP contribution is -2.39. The molecule has 9 heteroatoms. The van der Waals surface area contributed by atoms with Gasteiger partial charge in [0.25, 0.3) is 5.56 Å². The molecule has 1 N–H and O–H groups in total. The zero-order valence-electron chi connectivity index (χ0n) is 16.4. The van der Waals surface area contributed by atoms with Crippen molar-refractivity contribution in [2.24, 2.45) is 4.99 Å². The van der Waals surface area contributed by atoms with Crippen LogP contribution >= 0.6 is 34.5 Å². The fraction of sp³-hybridized carbons (Fsp3) is 0.136. The van der Waals surface area contributed by atoms with Gasteiger partial charge in [-0.05, 0) is 30.7 Å². The number of phenols is 1. The van der Waals surface area contributed by atoms with Crippen LogP contribution in [-0.2, 0) is 9.53 Å². The lowest BCUT2D eigenvalue weighted by molar-refractivity contribution is -0.136. The Morgan fingerprint density at radius 1 is 1.26 bits per heavy atom. The minimum Gasteiger partial charge on any atom is -0.506 e. The third kappa shape index (κ3) is 3.80. The molecule has 2 heterocycles. The van der Waals surface area contributed by atoms with Crippen LogP contribution in [0.4, 0.5) is 0 Å². The van der Waals surface area contributed by atoms with Gasteiger partial charge < -0.3 is 9.84 Å². The second kappa shape index (κ2) is 8.34. The van der Waals surface area contributed by atoms with Gasteiger partial charge in [0, 0.05) is 10.6 Å². The summed E-state index contributed by atoms with van der Waals surface area (Å²) in [4.78, 5) is 30.9. The standard InChI is InChI=1S/C22H16Cl2N2O4S/c1-11-17(21(29)30-2)18(12-6-4-3-5-7-12)26-20(28)16(31-22(26)25-11)9-13-8-14(23)10-15(24)19(13)27/h3-10,18,27H,1-2H3/b16-9-/t18-/m0/s1. The number of benzene rings is 2. The molecule has 158 valence electrons. The van der Waals surface area contributed by atoms with Gasteiger partial charge in [0.2, 0.25) is 0 Å². The first kappa shape index (κ1) is 21.4. The van der Waals surface area contributed by atoms with Crippen molar-refractivity contribution in [1.29, 1.82) is 0 Å². The molecule has 0 bridgehead atoms. The monoisotopic (exact) mass is 474 g/mol. The molecule has 6 nitrogen and oxygen atoms in total. The van der Waals surface area contributed by atoms with Crippen LogP contribution < -0.4 is 14.9 Å². The average molecular weight is 475 g/mol. The smallest absolute Gasteiger partial charge is 0.338 e. The van der Waals surface area contributed by atoms with E-state index < -0.39 is 12.0 Å². The van der Waals surface area contributed by atoms with Crippen LogP contribution in [0.2, 0.25) is 10.0 Å². The lowest BCUT2D eigenvalue weighted by atomic mass is 9.96. The highest BCUT2D eigenvalue weighted by atomic mass is 35.5. The van der Waals surface area contributed by atoms with Crippen molar-refractivity contribution in [2.45, 2.75) is 13.0 Å². The summed E-state index contributed by atoms with van der Waals surface area (Å²) in [5, 5.41) is 10.7. The van der Waals surface area contributed by atoms with Crippen molar-refractivity contribution in [3.63, 3.8) is 0 Å². The minimum absolute atomic E-state index is 0.0810. The molecule has 0 aliphatic carbocycles. The molecular weight excluding hydrogens is 459 g/mol. The van der Waals surface area contributed by atoms with Gasteiger partial charge in [-0.3, -0.25) is 9.36 Å². The number of hydrogen-bond donors (Lipinski definition) is 1. The molecule has 3 aromatic rings. The number of esters is 1. The van der Waals surface area contributed by atoms with E-state index >= 15 is 0 Å². The summed E-state index contributed by atoms with van der Waals surface area (Å²) in [5.74, 6) is -0.730. The number of hydrogen-bond acceptors (Lipinski definition) is 6. The summed E-state index contributed by atoms with van der Waals surface area (Å²) in [7, 11) is 1.29. The number of aromatic nitrogens is 1. The molecule has 4 rings (SSSR count). The second-order valence-corrected chi connectivity index (χ2v) is 8.66. The van der Waals surface area contributed by atoms with Crippen molar-refractivity contribution in [3.05, 3.63) is 94.6 Å². The van der Waals surface area contributed by atoms with E-state index in [1.807, 2.05) is 30.3 Å². The molecule has 0 unspecified atom stereocenters. The third-order valence-electron chi connectivity index (χ3n) is 4.89. The molecule has 0 radical (unpaired) electrons. The summed E-state index contributed by atoms with van der Waals surface area (Å²) in [6.07, 6.45) is 1.51. The molecule has 31 heavy (non-hydrogen) atoms. The first-order chi connectivity index (χ1) is 14.8. The van der Waals surface area contributed by atoms with Crippen LogP contribution in [0, 0.1) is 0 Å². The van der Waals surface area contributed by atoms with Gasteiger partial charge in [0.05, 0.1) is 34.0 Å². The van der Waals surface area contributed by atoms with E-state index in [2.05, 4.69) is 4.99 Å². The Balaban J connectivity index is 2.00. The zero-order valence-corrected chi connectivity index (χ0v) is 18.8. The van der Waals surface area contributed by atoms with Crippen molar-refractivity contribution in [2.75, 3.05) is 7.11 Å². The van der Waals surface area contributed by atoms with Crippen LogP contribution in [0.3, 0.4) is 0 Å². The third-order valence-corrected chi connectivity index (χ3v) is 6.38. The van der Waals surface area contributed by atoms with Crippen molar-refractivity contribution >= 4 is 46.6 Å². The van der Waals surface area contributed by atoms with Crippen LogP contribution in [0.15, 0.2) is 63.5 Å². The van der Waals surface area contributed by atoms with Crippen LogP contribution in [-0.4, -0.2) is 22.8 Å². The first-order valence-electron chi connectivity index (χ1n) is 9.15. The van der Waals surface area contributed by atoms with Gasteiger partial charge in [-0.1, -0.05) is 64.9 Å². The van der Waals surface area contributed by atoms with Crippen LogP contribution in [0.5, 0.6) is 5.75 Å². The van der Waals surface area contributed by atoms with Gasteiger partial charge in [0.1, 0.15) is 5.75 Å². The van der Waals surface area contributed by atoms with E-state index in [1.54, 1.807) is 6.92 Å². The molecule has 1 atom stereocenters. The number of carbonyl (C=O) groups is 1. The number of rotatable bonds is 3. The highest BCUT2D eigenvalue weighted by Gasteiger charge is 2.32. The number of halogens is 2. The average Bonchev–Trinajstić information content (AvgIpc) is 3.05. The number of aromatic hydroxyl groups is 1. The number of allylic oxidation sites excluding steroid dienone is 1. The van der Waals surface area contributed by atoms with Gasteiger partial charge in [-0.2, -0.15) is 0 Å². The largest absolute Gasteiger partial charge is 0.506 e. The molecule has 0 saturated carbocycles. The fourth-order valence-electron chi connectivity index (χ4n) is 3.48. The lowest BCUT2D eigenvalue weighted by Gasteiger charge is -2.24. The van der Waals surface area contributed by atoms with Crippen molar-refractivity contribution < 1.29 is 14.6 Å². The molecule has 1 aliphatic rings. The topological polar surface area (TPSA) is 80.9 Å². The number of nitrogens with zero attached hydrogens (tertiary/aromatic N) is 2. The van der Waals surface area contributed by atoms with E-state index in [1.165, 1.54) is 29.9 Å². The number of ether oxygens (including phenoxy) is 1. The fourth-order valence-corrected chi connectivity index (χ4v) is 5.03. The zero-order chi connectivity index (χ0) is 22.3. The Kier molecular flexibility index (Phi) is 5.75. The number of thiazole rings is 1. The predicted octanol–water partition coefficient (Wildman–Crippen LogP) is 3.42. The van der Waals surface area contributed by atoms with Crippen molar-refractivity contribution in [3.8, 4) is 5.75 Å². The van der Waals surface area contributed by atoms with Crippen LogP contribution in [0.25, 0.3) is 6.08 Å². The molecule has 0 spiro atoms. The minimum atomic E-state index is -0.691. The Bertz CT molecular complexity index is 1410. The molecular formula is C22H16Cl2N2O4S. The van der Waals surface area contributed by atoms with Gasteiger partial charge in [0.15, 0.2) is 4.80 Å². The molecule has 2 aromatic carbocycles. The maximum Gasteiger partial charge on any atom is 0.338 e. The molecule has 0 fully saturated rings. The maximum absolute atomic E-state index is 13.4. The summed E-state index contributed by atoms with van der Waals surface area (Å²) in [6, 6.07) is 11.4. The van der Waals surface area contributed by atoms with E-state index in [4.69, 9.17) is 27.9 Å². The predicted molar refractivity (Wildman–Crippen MR) is 120 cm³/mol. The number of phenolic OH excluding ortho intramolecular Hbond substituents is 1. The Morgan fingerprint density at radius 2 is 1.97 bits per heavy atom. The van der Waals surface area contributed by atoms with E-state index in [0.717, 1.165) is 16.9 Å². The summed E-state index contributed by atoms with van der Waals surface area (Å²) < 4.78 is 6.75. The van der Waals surface area contributed by atoms with Gasteiger partial charge >= 0.3 is 5.97 Å². The highest BCUT2D eigenvalue weighted by Crippen LogP contribution is 2.32. The van der Waals surface area contributed by atoms with Gasteiger partial charge in [-0.25, -0.2) is 9.79 Å². The maximum atomic E-state index is 13.4. The van der Waals surface area contributed by atoms with Gasteiger partial charge in [-0.15, -0.1) is 0 Å². The normalized spacial score (nSPS) is 16.1. The number of carbonyl (C=O) groups excluding carboxylic acids is 1. The molecule has 0 amide bonds. The second-order valence-electron chi connectivity index (χ2n) is 6.81. The quantitative estimate of drug-likeness (QED) is 0.589. The Morgan fingerprint density at radius 3 is 2.65 bits per heavy atom. The first-order valence-corrected chi connectivity index (χ1v) is 10.7. The van der Waals surface area contributed by atoms with E-state index in [0.29, 0.717) is 31.2 Å². The number of fused-ring (bicyclic) bond motifs is 1. The molecule has 1 aromatic heterocycles. The molecule has 0 saturated heterocycles. The Labute approximate surface area is 191 Å².